The first-order chi connectivity index (χ1) is 18.9. The number of hydrogen-bond acceptors (Lipinski definition) is 7. The van der Waals surface area contributed by atoms with Crippen LogP contribution in [0.5, 0.6) is 17.4 Å². The highest BCUT2D eigenvalue weighted by atomic mass is 16.5. The summed E-state index contributed by atoms with van der Waals surface area (Å²) >= 11 is 0. The Kier molecular flexibility index (Phi) is 7.00. The highest BCUT2D eigenvalue weighted by Gasteiger charge is 2.14. The summed E-state index contributed by atoms with van der Waals surface area (Å²) in [5.74, 6) is 1.14. The predicted molar refractivity (Wildman–Crippen MR) is 147 cm³/mol. The van der Waals surface area contributed by atoms with Crippen molar-refractivity contribution in [3.8, 4) is 28.5 Å². The number of carbonyl (C=O) groups is 2. The van der Waals surface area contributed by atoms with E-state index in [-0.39, 0.29) is 5.69 Å². The molecule has 2 heterocycles. The van der Waals surface area contributed by atoms with Crippen molar-refractivity contribution < 1.29 is 24.2 Å². The molecule has 0 radical (unpaired) electrons. The fourth-order valence-electron chi connectivity index (χ4n) is 3.99. The summed E-state index contributed by atoms with van der Waals surface area (Å²) < 4.78 is 11.4. The van der Waals surface area contributed by atoms with Crippen LogP contribution in [0.1, 0.15) is 16.1 Å². The Morgan fingerprint density at radius 3 is 2.26 bits per heavy atom. The lowest BCUT2D eigenvalue weighted by molar-refractivity contribution is 0.102. The number of aromatic nitrogens is 3. The number of rotatable bonds is 7. The number of nitrogens with zero attached hydrogens (tertiary/aromatic N) is 3. The minimum atomic E-state index is -1.22. The first-order valence-corrected chi connectivity index (χ1v) is 11.9. The molecule has 0 saturated carbocycles. The van der Waals surface area contributed by atoms with Crippen LogP contribution in [0.25, 0.3) is 22.0 Å². The maximum atomic E-state index is 12.8. The fraction of sp³-hybridized carbons (Fsp3) is 0.0690. The van der Waals surface area contributed by atoms with Crippen LogP contribution in [0, 0.1) is 6.92 Å². The van der Waals surface area contributed by atoms with Gasteiger partial charge in [0.15, 0.2) is 5.75 Å². The molecule has 2 amide bonds. The number of amides is 2. The van der Waals surface area contributed by atoms with E-state index in [0.717, 1.165) is 22.2 Å². The van der Waals surface area contributed by atoms with E-state index < -0.39 is 12.0 Å². The Bertz CT molecular complexity index is 1670. The Balaban J connectivity index is 1.41. The zero-order valence-corrected chi connectivity index (χ0v) is 21.0. The molecule has 0 spiro atoms. The number of benzene rings is 3. The van der Waals surface area contributed by atoms with Crippen molar-refractivity contribution in [2.24, 2.45) is 0 Å². The largest absolute Gasteiger partial charge is 0.481 e. The first-order valence-electron chi connectivity index (χ1n) is 11.9. The molecule has 0 aliphatic rings. The smallest absolute Gasteiger partial charge is 0.409 e. The second-order valence-corrected chi connectivity index (χ2v) is 8.48. The van der Waals surface area contributed by atoms with E-state index in [1.165, 1.54) is 6.33 Å². The average Bonchev–Trinajstić information content (AvgIpc) is 2.94. The number of ether oxygens (including phenoxy) is 2. The van der Waals surface area contributed by atoms with Gasteiger partial charge < -0.3 is 19.9 Å². The van der Waals surface area contributed by atoms with Crippen LogP contribution < -0.4 is 20.1 Å². The lowest BCUT2D eigenvalue weighted by Gasteiger charge is -2.13. The van der Waals surface area contributed by atoms with Gasteiger partial charge in [-0.05, 0) is 67.1 Å². The average molecular weight is 522 g/mol. The van der Waals surface area contributed by atoms with Gasteiger partial charge in [-0.3, -0.25) is 10.1 Å². The number of nitrogens with one attached hydrogen (secondary N) is 2. The number of fused-ring (bicyclic) bond motifs is 1. The Labute approximate surface area is 223 Å². The normalized spacial score (nSPS) is 10.6. The first kappa shape index (κ1) is 25.2. The number of carboxylic acid groups (broad SMARTS) is 1. The van der Waals surface area contributed by atoms with Gasteiger partial charge in [-0.2, -0.15) is 0 Å². The van der Waals surface area contributed by atoms with Crippen molar-refractivity contribution in [2.75, 3.05) is 17.7 Å². The Morgan fingerprint density at radius 2 is 1.59 bits per heavy atom. The minimum absolute atomic E-state index is 0.273. The third kappa shape index (κ3) is 5.59. The molecule has 2 aromatic heterocycles. The Morgan fingerprint density at radius 1 is 0.846 bits per heavy atom. The zero-order chi connectivity index (χ0) is 27.4. The predicted octanol–water partition coefficient (Wildman–Crippen LogP) is 6.14. The number of hydrogen-bond donors (Lipinski definition) is 3. The topological polar surface area (TPSA) is 136 Å². The highest BCUT2D eigenvalue weighted by Crippen LogP contribution is 2.35. The van der Waals surface area contributed by atoms with Gasteiger partial charge in [-0.15, -0.1) is 0 Å². The van der Waals surface area contributed by atoms with Crippen molar-refractivity contribution in [2.45, 2.75) is 6.92 Å². The third-order valence-electron chi connectivity index (χ3n) is 5.94. The van der Waals surface area contributed by atoms with Crippen molar-refractivity contribution >= 4 is 34.3 Å². The van der Waals surface area contributed by atoms with Crippen molar-refractivity contribution in [1.82, 2.24) is 15.0 Å². The third-order valence-corrected chi connectivity index (χ3v) is 5.94. The summed E-state index contributed by atoms with van der Waals surface area (Å²) in [6, 6.07) is 20.7. The van der Waals surface area contributed by atoms with E-state index in [4.69, 9.17) is 14.6 Å². The molecule has 10 nitrogen and oxygen atoms in total. The summed E-state index contributed by atoms with van der Waals surface area (Å²) in [4.78, 5) is 36.9. The molecule has 5 rings (SSSR count). The van der Waals surface area contributed by atoms with Gasteiger partial charge in [0, 0.05) is 34.5 Å². The summed E-state index contributed by atoms with van der Waals surface area (Å²) in [6.45, 7) is 1.90. The fourth-order valence-corrected chi connectivity index (χ4v) is 3.99. The molecule has 0 aliphatic heterocycles. The highest BCUT2D eigenvalue weighted by molar-refractivity contribution is 6.06. The number of pyridine rings is 1. The molecule has 5 aromatic rings. The molecule has 194 valence electrons. The monoisotopic (exact) mass is 521 g/mol. The lowest BCUT2D eigenvalue weighted by Crippen LogP contribution is -2.15. The maximum Gasteiger partial charge on any atom is 0.409 e. The summed E-state index contributed by atoms with van der Waals surface area (Å²) in [7, 11) is 1.56. The molecule has 3 N–H and O–H groups in total. The van der Waals surface area contributed by atoms with Crippen molar-refractivity contribution in [3.05, 3.63) is 96.6 Å². The minimum Gasteiger partial charge on any atom is -0.481 e. The Hall–Kier alpha value is -5.51. The number of aryl methyl sites for hydroxylation is 1. The van der Waals surface area contributed by atoms with Crippen LogP contribution in [0.3, 0.4) is 0 Å². The zero-order valence-electron chi connectivity index (χ0n) is 21.0. The van der Waals surface area contributed by atoms with Crippen LogP contribution in [0.15, 0.2) is 85.3 Å². The summed E-state index contributed by atoms with van der Waals surface area (Å²) in [5, 5.41) is 14.9. The number of anilines is 2. The van der Waals surface area contributed by atoms with E-state index in [1.807, 2.05) is 25.1 Å². The molecular weight excluding hydrogens is 498 g/mol. The van der Waals surface area contributed by atoms with E-state index in [0.29, 0.717) is 34.1 Å². The van der Waals surface area contributed by atoms with Crippen LogP contribution in [-0.2, 0) is 0 Å². The van der Waals surface area contributed by atoms with Crippen molar-refractivity contribution in [1.29, 1.82) is 0 Å². The molecule has 0 aliphatic carbocycles. The van der Waals surface area contributed by atoms with E-state index in [2.05, 4.69) is 25.6 Å². The summed E-state index contributed by atoms with van der Waals surface area (Å²) in [6.07, 6.45) is 1.99. The van der Waals surface area contributed by atoms with Gasteiger partial charge in [0.25, 0.3) is 5.91 Å². The number of methoxy groups -OCH3 is 1. The maximum absolute atomic E-state index is 12.8. The van der Waals surface area contributed by atoms with E-state index >= 15 is 0 Å². The van der Waals surface area contributed by atoms with Gasteiger partial charge >= 0.3 is 6.09 Å². The molecule has 0 bridgehead atoms. The molecule has 0 atom stereocenters. The van der Waals surface area contributed by atoms with Gasteiger partial charge in [0.1, 0.15) is 17.6 Å². The molecule has 3 aromatic carbocycles. The van der Waals surface area contributed by atoms with Gasteiger partial charge in [0.2, 0.25) is 5.88 Å². The molecule has 0 fully saturated rings. The molecule has 0 saturated heterocycles. The lowest BCUT2D eigenvalue weighted by atomic mass is 10.0. The van der Waals surface area contributed by atoms with Crippen LogP contribution in [-0.4, -0.2) is 39.2 Å². The SMILES string of the molecule is COc1ccc(-c2cc(Oc3ccc(C(=O)Nc4ccccc4NC(=O)O)cc3)c3ncnc(C)c3c2)cn1. The molecule has 0 unspecified atom stereocenters. The molecular formula is C29H23N5O5. The van der Waals surface area contributed by atoms with Gasteiger partial charge in [-0.1, -0.05) is 12.1 Å². The van der Waals surface area contributed by atoms with E-state index in [9.17, 15) is 9.59 Å². The quantitative estimate of drug-likeness (QED) is 0.232. The van der Waals surface area contributed by atoms with Crippen LogP contribution >= 0.6 is 0 Å². The molecule has 39 heavy (non-hydrogen) atoms. The summed E-state index contributed by atoms with van der Waals surface area (Å²) in [5.41, 5.74) is 4.18. The number of carbonyl (C=O) groups excluding carboxylic acids is 1. The van der Waals surface area contributed by atoms with Gasteiger partial charge in [0.05, 0.1) is 18.5 Å². The van der Waals surface area contributed by atoms with Crippen molar-refractivity contribution in [3.63, 3.8) is 0 Å². The standard InChI is InChI=1S/C29H23N5O5/c1-17-22-13-20(19-9-12-26(38-2)30-15-19)14-25(27(22)32-16-31-17)39-21-10-7-18(8-11-21)28(35)33-23-5-3-4-6-24(23)34-29(36)37/h3-16,34H,1-2H3,(H,33,35)(H,36,37). The van der Waals surface area contributed by atoms with Gasteiger partial charge in [-0.25, -0.2) is 19.7 Å². The molecule has 10 heteroatoms. The van der Waals surface area contributed by atoms with E-state index in [1.54, 1.807) is 67.9 Å². The van der Waals surface area contributed by atoms with Crippen LogP contribution in [0.4, 0.5) is 16.2 Å². The second kappa shape index (κ2) is 10.9. The number of para-hydroxylation sites is 2. The van der Waals surface area contributed by atoms with Crippen LogP contribution in [0.2, 0.25) is 0 Å². The second-order valence-electron chi connectivity index (χ2n) is 8.48.